The molecule has 1 aromatic carbocycles. The topological polar surface area (TPSA) is 98.6 Å². The maximum absolute atomic E-state index is 12.6. The summed E-state index contributed by atoms with van der Waals surface area (Å²) in [7, 11) is 0. The largest absolute Gasteiger partial charge is 0.325 e. The van der Waals surface area contributed by atoms with Crippen LogP contribution in [0.4, 0.5) is 5.69 Å². The highest BCUT2D eigenvalue weighted by atomic mass is 32.2. The molecular weight excluding hydrogens is 404 g/mol. The fourth-order valence-corrected chi connectivity index (χ4v) is 5.50. The molecule has 1 unspecified atom stereocenters. The summed E-state index contributed by atoms with van der Waals surface area (Å²) in [6.45, 7) is 1.81. The van der Waals surface area contributed by atoms with Crippen LogP contribution in [-0.4, -0.2) is 21.1 Å². The molecule has 0 saturated heterocycles. The fraction of sp³-hybridized carbons (Fsp3) is 0.333. The first-order valence-electron chi connectivity index (χ1n) is 9.51. The van der Waals surface area contributed by atoms with Gasteiger partial charge in [0.2, 0.25) is 5.91 Å². The number of benzene rings is 1. The Bertz CT molecular complexity index is 1180. The Hall–Kier alpha value is -2.63. The summed E-state index contributed by atoms with van der Waals surface area (Å²) in [6.07, 6.45) is 4.28. The van der Waals surface area contributed by atoms with E-state index in [1.165, 1.54) is 28.6 Å². The maximum atomic E-state index is 12.6. The van der Waals surface area contributed by atoms with Crippen molar-refractivity contribution in [3.8, 4) is 6.07 Å². The van der Waals surface area contributed by atoms with E-state index < -0.39 is 0 Å². The highest BCUT2D eigenvalue weighted by Crippen LogP contribution is 2.33. The summed E-state index contributed by atoms with van der Waals surface area (Å²) in [5, 5.41) is 12.2. The number of hydrogen-bond acceptors (Lipinski definition) is 6. The van der Waals surface area contributed by atoms with Gasteiger partial charge in [0, 0.05) is 10.6 Å². The predicted molar refractivity (Wildman–Crippen MR) is 117 cm³/mol. The Morgan fingerprint density at radius 1 is 1.41 bits per heavy atom. The lowest BCUT2D eigenvalue weighted by atomic mass is 9.97. The second-order valence-electron chi connectivity index (χ2n) is 7.04. The number of fused-ring (bicyclic) bond motifs is 3. The zero-order valence-electron chi connectivity index (χ0n) is 15.9. The number of aromatic amines is 1. The third kappa shape index (κ3) is 4.21. The SMILES string of the molecule is CC(SCc1nc2sc3c(c2c(=O)[nH]1)CCCC3)C(=O)Nc1cccc(C#N)c1. The average Bonchev–Trinajstić information content (AvgIpc) is 3.11. The lowest BCUT2D eigenvalue weighted by molar-refractivity contribution is -0.115. The van der Waals surface area contributed by atoms with Crippen molar-refractivity contribution in [2.45, 2.75) is 43.6 Å². The van der Waals surface area contributed by atoms with Gasteiger partial charge in [-0.1, -0.05) is 6.07 Å². The van der Waals surface area contributed by atoms with Gasteiger partial charge in [-0.2, -0.15) is 5.26 Å². The van der Waals surface area contributed by atoms with Crippen molar-refractivity contribution < 1.29 is 4.79 Å². The van der Waals surface area contributed by atoms with Gasteiger partial charge in [-0.15, -0.1) is 23.1 Å². The van der Waals surface area contributed by atoms with Gasteiger partial charge in [0.05, 0.1) is 28.0 Å². The Balaban J connectivity index is 1.44. The fourth-order valence-electron chi connectivity index (χ4n) is 3.47. The molecule has 0 fully saturated rings. The van der Waals surface area contributed by atoms with Crippen LogP contribution in [0, 0.1) is 11.3 Å². The Morgan fingerprint density at radius 3 is 3.07 bits per heavy atom. The summed E-state index contributed by atoms with van der Waals surface area (Å²) < 4.78 is 0. The van der Waals surface area contributed by atoms with E-state index >= 15 is 0 Å². The molecule has 0 radical (unpaired) electrons. The second-order valence-corrected chi connectivity index (χ2v) is 9.45. The number of carbonyl (C=O) groups excluding carboxylic acids is 1. The normalized spacial score (nSPS) is 14.2. The molecule has 4 rings (SSSR count). The summed E-state index contributed by atoms with van der Waals surface area (Å²) in [5.74, 6) is 0.887. The first-order chi connectivity index (χ1) is 14.0. The van der Waals surface area contributed by atoms with Crippen molar-refractivity contribution in [3.63, 3.8) is 0 Å². The minimum absolute atomic E-state index is 0.0737. The van der Waals surface area contributed by atoms with E-state index in [9.17, 15) is 9.59 Å². The molecule has 8 heteroatoms. The van der Waals surface area contributed by atoms with Gasteiger partial charge >= 0.3 is 0 Å². The van der Waals surface area contributed by atoms with Gasteiger partial charge in [0.25, 0.3) is 5.56 Å². The Kier molecular flexibility index (Phi) is 5.69. The molecule has 6 nitrogen and oxygen atoms in total. The molecule has 1 aliphatic rings. The van der Waals surface area contributed by atoms with E-state index in [0.29, 0.717) is 22.8 Å². The number of nitrogens with one attached hydrogen (secondary N) is 2. The first-order valence-corrected chi connectivity index (χ1v) is 11.4. The monoisotopic (exact) mass is 424 g/mol. The third-order valence-corrected chi connectivity index (χ3v) is 7.31. The van der Waals surface area contributed by atoms with Gasteiger partial charge < -0.3 is 10.3 Å². The van der Waals surface area contributed by atoms with Crippen LogP contribution in [0.5, 0.6) is 0 Å². The van der Waals surface area contributed by atoms with Crippen LogP contribution in [0.2, 0.25) is 0 Å². The third-order valence-electron chi connectivity index (χ3n) is 4.97. The molecule has 0 bridgehead atoms. The predicted octanol–water partition coefficient (Wildman–Crippen LogP) is 4.00. The number of thiophene rings is 1. The van der Waals surface area contributed by atoms with Crippen molar-refractivity contribution in [2.24, 2.45) is 0 Å². The van der Waals surface area contributed by atoms with Crippen LogP contribution in [0.1, 0.15) is 41.6 Å². The molecule has 3 aromatic rings. The minimum atomic E-state index is -0.335. The molecule has 2 N–H and O–H groups in total. The lowest BCUT2D eigenvalue weighted by Crippen LogP contribution is -2.23. The van der Waals surface area contributed by atoms with E-state index in [0.717, 1.165) is 29.5 Å². The standard InChI is InChI=1S/C21H20N4O2S2/c1-12(19(26)23-14-6-4-5-13(9-14)10-22)28-11-17-24-20(27)18-15-7-2-3-8-16(15)29-21(18)25-17/h4-6,9,12H,2-3,7-8,11H2,1H3,(H,23,26)(H,24,25,27). The van der Waals surface area contributed by atoms with E-state index in [2.05, 4.69) is 21.4 Å². The number of rotatable bonds is 5. The summed E-state index contributed by atoms with van der Waals surface area (Å²) >= 11 is 3.04. The summed E-state index contributed by atoms with van der Waals surface area (Å²) in [4.78, 5) is 34.7. The van der Waals surface area contributed by atoms with Gasteiger partial charge in [-0.25, -0.2) is 4.98 Å². The average molecular weight is 425 g/mol. The number of aryl methyl sites for hydroxylation is 2. The van der Waals surface area contributed by atoms with Gasteiger partial charge in [-0.3, -0.25) is 9.59 Å². The molecule has 1 aliphatic carbocycles. The number of carbonyl (C=O) groups is 1. The zero-order chi connectivity index (χ0) is 20.4. The van der Waals surface area contributed by atoms with Gasteiger partial charge in [0.1, 0.15) is 10.7 Å². The Morgan fingerprint density at radius 2 is 2.24 bits per heavy atom. The molecule has 0 saturated carbocycles. The number of amides is 1. The van der Waals surface area contributed by atoms with Crippen LogP contribution in [-0.2, 0) is 23.4 Å². The maximum Gasteiger partial charge on any atom is 0.259 e. The molecule has 2 heterocycles. The van der Waals surface area contributed by atoms with Crippen LogP contribution >= 0.6 is 23.1 Å². The van der Waals surface area contributed by atoms with Crippen LogP contribution in [0.15, 0.2) is 29.1 Å². The molecular formula is C21H20N4O2S2. The number of nitriles is 1. The number of anilines is 1. The molecule has 0 aliphatic heterocycles. The summed E-state index contributed by atoms with van der Waals surface area (Å²) in [5.41, 5.74) is 2.20. The van der Waals surface area contributed by atoms with Crippen LogP contribution < -0.4 is 10.9 Å². The van der Waals surface area contributed by atoms with Crippen LogP contribution in [0.25, 0.3) is 10.2 Å². The lowest BCUT2D eigenvalue weighted by Gasteiger charge is -2.12. The second kappa shape index (κ2) is 8.39. The Labute approximate surface area is 176 Å². The molecule has 0 spiro atoms. The van der Waals surface area contributed by atoms with Crippen molar-refractivity contribution >= 4 is 44.9 Å². The molecule has 29 heavy (non-hydrogen) atoms. The first kappa shape index (κ1) is 19.7. The van der Waals surface area contributed by atoms with Crippen molar-refractivity contribution in [1.29, 1.82) is 5.26 Å². The van der Waals surface area contributed by atoms with Gasteiger partial charge in [0.15, 0.2) is 0 Å². The molecule has 2 aromatic heterocycles. The van der Waals surface area contributed by atoms with E-state index in [4.69, 9.17) is 5.26 Å². The molecule has 1 atom stereocenters. The number of H-pyrrole nitrogens is 1. The zero-order valence-corrected chi connectivity index (χ0v) is 17.6. The number of hydrogen-bond donors (Lipinski definition) is 2. The minimum Gasteiger partial charge on any atom is -0.325 e. The smallest absolute Gasteiger partial charge is 0.259 e. The summed E-state index contributed by atoms with van der Waals surface area (Å²) in [6, 6.07) is 8.87. The number of thioether (sulfide) groups is 1. The van der Waals surface area contributed by atoms with E-state index in [-0.39, 0.29) is 16.7 Å². The van der Waals surface area contributed by atoms with Crippen molar-refractivity contribution in [3.05, 3.63) is 56.4 Å². The number of nitrogens with zero attached hydrogens (tertiary/aromatic N) is 2. The van der Waals surface area contributed by atoms with Crippen LogP contribution in [0.3, 0.4) is 0 Å². The number of aromatic nitrogens is 2. The highest BCUT2D eigenvalue weighted by Gasteiger charge is 2.20. The van der Waals surface area contributed by atoms with Crippen molar-refractivity contribution in [2.75, 3.05) is 5.32 Å². The van der Waals surface area contributed by atoms with Crippen molar-refractivity contribution in [1.82, 2.24) is 9.97 Å². The quantitative estimate of drug-likeness (QED) is 0.645. The molecule has 148 valence electrons. The van der Waals surface area contributed by atoms with E-state index in [1.54, 1.807) is 35.6 Å². The highest BCUT2D eigenvalue weighted by molar-refractivity contribution is 7.99. The molecule has 1 amide bonds. The van der Waals surface area contributed by atoms with Gasteiger partial charge in [-0.05, 0) is 56.4 Å². The van der Waals surface area contributed by atoms with E-state index in [1.807, 2.05) is 6.92 Å².